The third-order valence-corrected chi connectivity index (χ3v) is 4.01. The average molecular weight is 345 g/mol. The number of rotatable bonds is 5. The van der Waals surface area contributed by atoms with Crippen molar-refractivity contribution in [3.63, 3.8) is 0 Å². The predicted molar refractivity (Wildman–Crippen MR) is 88.5 cm³/mol. The van der Waals surface area contributed by atoms with Crippen molar-refractivity contribution in [3.05, 3.63) is 54.4 Å². The Bertz CT molecular complexity index is 682. The number of hydrogen-bond donors (Lipinski definition) is 0. The molecule has 1 aromatic heterocycles. The van der Waals surface area contributed by atoms with Gasteiger partial charge in [0.25, 0.3) is 5.91 Å². The standard InChI is InChI=1S/C18H20FN3O3/c19-15-1-3-17(4-2-15)25-12-18(23)22-7-8-24-11-14(10-22)9-16-5-6-20-13-21-16/h1-6,13-14H,7-12H2/t14-/m1/s1. The fraction of sp³-hybridized carbons (Fsp3) is 0.389. The number of aromatic nitrogens is 2. The van der Waals surface area contributed by atoms with E-state index in [1.165, 1.54) is 30.6 Å². The SMILES string of the molecule is O=C(COc1ccc(F)cc1)N1CCOC[C@H](Cc2ccncn2)C1. The minimum Gasteiger partial charge on any atom is -0.484 e. The first-order chi connectivity index (χ1) is 12.2. The number of amides is 1. The van der Waals surface area contributed by atoms with Crippen LogP contribution in [0.25, 0.3) is 0 Å². The van der Waals surface area contributed by atoms with Gasteiger partial charge in [0.2, 0.25) is 0 Å². The molecule has 0 unspecified atom stereocenters. The van der Waals surface area contributed by atoms with Crippen LogP contribution in [0, 0.1) is 11.7 Å². The monoisotopic (exact) mass is 345 g/mol. The van der Waals surface area contributed by atoms with Crippen molar-refractivity contribution in [1.29, 1.82) is 0 Å². The summed E-state index contributed by atoms with van der Waals surface area (Å²) in [5.74, 6) is 0.198. The second kappa shape index (κ2) is 8.53. The highest BCUT2D eigenvalue weighted by Crippen LogP contribution is 2.14. The predicted octanol–water partition coefficient (Wildman–Crippen LogP) is 1.71. The summed E-state index contributed by atoms with van der Waals surface area (Å²) in [7, 11) is 0. The molecule has 0 spiro atoms. The van der Waals surface area contributed by atoms with Crippen LogP contribution in [0.5, 0.6) is 5.75 Å². The van der Waals surface area contributed by atoms with Crippen LogP contribution in [-0.4, -0.2) is 53.7 Å². The lowest BCUT2D eigenvalue weighted by Gasteiger charge is -2.23. The Hall–Kier alpha value is -2.54. The van der Waals surface area contributed by atoms with Gasteiger partial charge in [-0.2, -0.15) is 0 Å². The summed E-state index contributed by atoms with van der Waals surface area (Å²) in [4.78, 5) is 22.3. The van der Waals surface area contributed by atoms with E-state index in [4.69, 9.17) is 9.47 Å². The lowest BCUT2D eigenvalue weighted by atomic mass is 10.0. The minimum absolute atomic E-state index is 0.0775. The Kier molecular flexibility index (Phi) is 5.90. The molecule has 1 aromatic carbocycles. The summed E-state index contributed by atoms with van der Waals surface area (Å²) >= 11 is 0. The van der Waals surface area contributed by atoms with E-state index in [0.717, 1.165) is 12.1 Å². The smallest absolute Gasteiger partial charge is 0.260 e. The van der Waals surface area contributed by atoms with E-state index in [9.17, 15) is 9.18 Å². The van der Waals surface area contributed by atoms with Gasteiger partial charge < -0.3 is 14.4 Å². The summed E-state index contributed by atoms with van der Waals surface area (Å²) in [6.45, 7) is 2.14. The fourth-order valence-electron chi connectivity index (χ4n) is 2.73. The highest BCUT2D eigenvalue weighted by molar-refractivity contribution is 5.77. The molecule has 1 aliphatic rings. The van der Waals surface area contributed by atoms with Crippen LogP contribution in [0.3, 0.4) is 0 Å². The van der Waals surface area contributed by atoms with E-state index in [2.05, 4.69) is 9.97 Å². The molecule has 0 N–H and O–H groups in total. The van der Waals surface area contributed by atoms with Crippen molar-refractivity contribution in [2.45, 2.75) is 6.42 Å². The van der Waals surface area contributed by atoms with Crippen molar-refractivity contribution in [2.75, 3.05) is 32.9 Å². The number of carbonyl (C=O) groups is 1. The zero-order chi connectivity index (χ0) is 17.5. The first kappa shape index (κ1) is 17.3. The maximum Gasteiger partial charge on any atom is 0.260 e. The van der Waals surface area contributed by atoms with E-state index < -0.39 is 0 Å². The molecule has 1 fully saturated rings. The topological polar surface area (TPSA) is 64.5 Å². The van der Waals surface area contributed by atoms with Crippen LogP contribution in [0.15, 0.2) is 42.9 Å². The van der Waals surface area contributed by atoms with Gasteiger partial charge in [0.15, 0.2) is 6.61 Å². The van der Waals surface area contributed by atoms with Crippen LogP contribution in [0.1, 0.15) is 5.69 Å². The van der Waals surface area contributed by atoms with Gasteiger partial charge in [0.05, 0.1) is 13.2 Å². The van der Waals surface area contributed by atoms with Crippen LogP contribution in [-0.2, 0) is 16.0 Å². The highest BCUT2D eigenvalue weighted by Gasteiger charge is 2.23. The van der Waals surface area contributed by atoms with Gasteiger partial charge >= 0.3 is 0 Å². The van der Waals surface area contributed by atoms with Gasteiger partial charge in [-0.1, -0.05) is 0 Å². The quantitative estimate of drug-likeness (QED) is 0.825. The molecule has 0 saturated carbocycles. The van der Waals surface area contributed by atoms with Crippen molar-refractivity contribution < 1.29 is 18.7 Å². The van der Waals surface area contributed by atoms with Gasteiger partial charge in [-0.15, -0.1) is 0 Å². The van der Waals surface area contributed by atoms with Crippen molar-refractivity contribution in [3.8, 4) is 5.75 Å². The van der Waals surface area contributed by atoms with E-state index in [1.807, 2.05) is 6.07 Å². The van der Waals surface area contributed by atoms with Gasteiger partial charge in [-0.25, -0.2) is 14.4 Å². The normalized spacial score (nSPS) is 17.8. The molecule has 0 bridgehead atoms. The number of ether oxygens (including phenoxy) is 2. The van der Waals surface area contributed by atoms with Gasteiger partial charge in [0.1, 0.15) is 17.9 Å². The second-order valence-corrected chi connectivity index (χ2v) is 5.93. The molecule has 1 saturated heterocycles. The van der Waals surface area contributed by atoms with Crippen molar-refractivity contribution in [1.82, 2.24) is 14.9 Å². The van der Waals surface area contributed by atoms with E-state index in [0.29, 0.717) is 32.1 Å². The molecule has 1 atom stereocenters. The maximum atomic E-state index is 12.9. The van der Waals surface area contributed by atoms with Crippen LogP contribution < -0.4 is 4.74 Å². The van der Waals surface area contributed by atoms with E-state index in [1.54, 1.807) is 11.1 Å². The molecule has 3 rings (SSSR count). The number of halogens is 1. The van der Waals surface area contributed by atoms with Crippen LogP contribution in [0.4, 0.5) is 4.39 Å². The first-order valence-electron chi connectivity index (χ1n) is 8.19. The van der Waals surface area contributed by atoms with Gasteiger partial charge in [-0.3, -0.25) is 4.79 Å². The summed E-state index contributed by atoms with van der Waals surface area (Å²) in [6.07, 6.45) is 3.96. The molecule has 0 aliphatic carbocycles. The van der Waals surface area contributed by atoms with E-state index in [-0.39, 0.29) is 24.2 Å². The molecule has 1 aliphatic heterocycles. The van der Waals surface area contributed by atoms with Gasteiger partial charge in [0, 0.05) is 30.9 Å². The Morgan fingerprint density at radius 2 is 2.16 bits per heavy atom. The minimum atomic E-state index is -0.337. The second-order valence-electron chi connectivity index (χ2n) is 5.93. The summed E-state index contributed by atoms with van der Waals surface area (Å²) in [5.41, 5.74) is 0.931. The Balaban J connectivity index is 1.54. The Labute approximate surface area is 145 Å². The molecular formula is C18H20FN3O3. The third kappa shape index (κ3) is 5.22. The number of hydrogen-bond acceptors (Lipinski definition) is 5. The molecule has 132 valence electrons. The van der Waals surface area contributed by atoms with Gasteiger partial charge in [-0.05, 0) is 36.8 Å². The zero-order valence-corrected chi connectivity index (χ0v) is 13.8. The summed E-state index contributed by atoms with van der Waals surface area (Å²) in [6, 6.07) is 7.49. The summed E-state index contributed by atoms with van der Waals surface area (Å²) < 4.78 is 24.0. The van der Waals surface area contributed by atoms with Crippen LogP contribution in [0.2, 0.25) is 0 Å². The number of carbonyl (C=O) groups excluding carboxylic acids is 1. The van der Waals surface area contributed by atoms with Crippen LogP contribution >= 0.6 is 0 Å². The molecule has 0 radical (unpaired) electrons. The van der Waals surface area contributed by atoms with Crippen molar-refractivity contribution >= 4 is 5.91 Å². The molecular weight excluding hydrogens is 325 g/mol. The first-order valence-corrected chi connectivity index (χ1v) is 8.19. The lowest BCUT2D eigenvalue weighted by Crippen LogP contribution is -2.39. The Morgan fingerprint density at radius 1 is 1.32 bits per heavy atom. The molecule has 1 amide bonds. The van der Waals surface area contributed by atoms with Crippen molar-refractivity contribution in [2.24, 2.45) is 5.92 Å². The molecule has 2 heterocycles. The molecule has 7 heteroatoms. The number of nitrogens with zero attached hydrogens (tertiary/aromatic N) is 3. The summed E-state index contributed by atoms with van der Waals surface area (Å²) in [5, 5.41) is 0. The number of benzene rings is 1. The highest BCUT2D eigenvalue weighted by atomic mass is 19.1. The molecule has 2 aromatic rings. The average Bonchev–Trinajstić information content (AvgIpc) is 2.87. The zero-order valence-electron chi connectivity index (χ0n) is 13.8. The molecule has 25 heavy (non-hydrogen) atoms. The third-order valence-electron chi connectivity index (χ3n) is 4.01. The lowest BCUT2D eigenvalue weighted by molar-refractivity contribution is -0.133. The fourth-order valence-corrected chi connectivity index (χ4v) is 2.73. The maximum absolute atomic E-state index is 12.9. The molecule has 6 nitrogen and oxygen atoms in total. The van der Waals surface area contributed by atoms with E-state index >= 15 is 0 Å². The Morgan fingerprint density at radius 3 is 2.92 bits per heavy atom. The largest absolute Gasteiger partial charge is 0.484 e.